The van der Waals surface area contributed by atoms with E-state index < -0.39 is 0 Å². The third kappa shape index (κ3) is 1.70. The molecule has 2 unspecified atom stereocenters. The van der Waals surface area contributed by atoms with Crippen LogP contribution < -0.4 is 5.73 Å². The third-order valence-electron chi connectivity index (χ3n) is 5.50. The lowest BCUT2D eigenvalue weighted by Crippen LogP contribution is -2.41. The monoisotopic (exact) mass is 245 g/mol. The van der Waals surface area contributed by atoms with Crippen LogP contribution in [0.2, 0.25) is 0 Å². The SMILES string of the molecule is NCC1(CCO)C2CCC1Cc1ccccc1C2. The molecule has 2 heteroatoms. The predicted molar refractivity (Wildman–Crippen MR) is 73.3 cm³/mol. The maximum Gasteiger partial charge on any atom is 0.0437 e. The zero-order valence-electron chi connectivity index (χ0n) is 10.9. The number of benzene rings is 1. The van der Waals surface area contributed by atoms with Gasteiger partial charge < -0.3 is 10.8 Å². The highest BCUT2D eigenvalue weighted by atomic mass is 16.3. The van der Waals surface area contributed by atoms with E-state index >= 15 is 0 Å². The Morgan fingerprint density at radius 2 is 1.67 bits per heavy atom. The van der Waals surface area contributed by atoms with Crippen molar-refractivity contribution in [3.63, 3.8) is 0 Å². The second-order valence-corrected chi connectivity index (χ2v) is 6.06. The van der Waals surface area contributed by atoms with Gasteiger partial charge in [-0.15, -0.1) is 0 Å². The topological polar surface area (TPSA) is 46.2 Å². The molecule has 3 rings (SSSR count). The second kappa shape index (κ2) is 4.67. The van der Waals surface area contributed by atoms with Gasteiger partial charge in [-0.3, -0.25) is 0 Å². The quantitative estimate of drug-likeness (QED) is 0.857. The van der Waals surface area contributed by atoms with Crippen LogP contribution in [-0.2, 0) is 12.8 Å². The van der Waals surface area contributed by atoms with Crippen molar-refractivity contribution in [1.82, 2.24) is 0 Å². The summed E-state index contributed by atoms with van der Waals surface area (Å²) in [5.74, 6) is 1.34. The standard InChI is InChI=1S/C16H23NO/c17-11-16(7-8-18)14-5-6-15(16)10-13-4-2-1-3-12(13)9-14/h1-4,14-15,18H,5-11,17H2. The van der Waals surface area contributed by atoms with Gasteiger partial charge in [0.2, 0.25) is 0 Å². The van der Waals surface area contributed by atoms with E-state index in [1.54, 1.807) is 0 Å². The highest BCUT2D eigenvalue weighted by Gasteiger charge is 2.49. The minimum atomic E-state index is 0.188. The van der Waals surface area contributed by atoms with E-state index in [0.29, 0.717) is 11.8 Å². The minimum Gasteiger partial charge on any atom is -0.396 e. The molecule has 3 N–H and O–H groups in total. The van der Waals surface area contributed by atoms with Gasteiger partial charge in [0.1, 0.15) is 0 Å². The van der Waals surface area contributed by atoms with Crippen LogP contribution in [0, 0.1) is 17.3 Å². The first-order valence-corrected chi connectivity index (χ1v) is 7.18. The van der Waals surface area contributed by atoms with Crippen molar-refractivity contribution in [2.45, 2.75) is 32.1 Å². The van der Waals surface area contributed by atoms with E-state index in [0.717, 1.165) is 25.8 Å². The van der Waals surface area contributed by atoms with Crippen molar-refractivity contribution >= 4 is 0 Å². The van der Waals surface area contributed by atoms with Crippen LogP contribution in [0.1, 0.15) is 30.4 Å². The number of aliphatic hydroxyl groups excluding tert-OH is 1. The summed E-state index contributed by atoms with van der Waals surface area (Å²) in [7, 11) is 0. The highest BCUT2D eigenvalue weighted by Crippen LogP contribution is 2.54. The third-order valence-corrected chi connectivity index (χ3v) is 5.50. The Hall–Kier alpha value is -0.860. The van der Waals surface area contributed by atoms with Crippen LogP contribution in [0.25, 0.3) is 0 Å². The summed E-state index contributed by atoms with van der Waals surface area (Å²) in [6.07, 6.45) is 5.77. The first-order valence-electron chi connectivity index (χ1n) is 7.18. The Labute approximate surface area is 109 Å². The molecule has 0 aromatic heterocycles. The maximum absolute atomic E-state index is 9.43. The fourth-order valence-corrected chi connectivity index (χ4v) is 4.46. The Balaban J connectivity index is 1.99. The van der Waals surface area contributed by atoms with E-state index in [9.17, 15) is 5.11 Å². The fraction of sp³-hybridized carbons (Fsp3) is 0.625. The van der Waals surface area contributed by atoms with Gasteiger partial charge in [0.25, 0.3) is 0 Å². The Morgan fingerprint density at radius 3 is 2.11 bits per heavy atom. The van der Waals surface area contributed by atoms with Crippen molar-refractivity contribution in [3.05, 3.63) is 35.4 Å². The molecule has 2 bridgehead atoms. The lowest BCUT2D eigenvalue weighted by atomic mass is 9.68. The predicted octanol–water partition coefficient (Wildman–Crippen LogP) is 2.14. The molecule has 0 spiro atoms. The number of nitrogens with two attached hydrogens (primary N) is 1. The molecule has 98 valence electrons. The first kappa shape index (κ1) is 12.2. The molecule has 1 fully saturated rings. The van der Waals surface area contributed by atoms with Crippen LogP contribution in [-0.4, -0.2) is 18.3 Å². The Kier molecular flexibility index (Phi) is 3.16. The van der Waals surface area contributed by atoms with Crippen LogP contribution >= 0.6 is 0 Å². The van der Waals surface area contributed by atoms with E-state index in [1.807, 2.05) is 0 Å². The van der Waals surface area contributed by atoms with Crippen molar-refractivity contribution in [3.8, 4) is 0 Å². The Morgan fingerprint density at radius 1 is 1.11 bits per heavy atom. The maximum atomic E-state index is 9.43. The average molecular weight is 245 g/mol. The molecule has 0 amide bonds. The van der Waals surface area contributed by atoms with Gasteiger partial charge >= 0.3 is 0 Å². The molecule has 0 aliphatic heterocycles. The number of aliphatic hydroxyl groups is 1. The number of rotatable bonds is 3. The van der Waals surface area contributed by atoms with E-state index in [4.69, 9.17) is 5.73 Å². The molecule has 1 aromatic carbocycles. The van der Waals surface area contributed by atoms with E-state index in [2.05, 4.69) is 24.3 Å². The van der Waals surface area contributed by atoms with Crippen LogP contribution in [0.4, 0.5) is 0 Å². The second-order valence-electron chi connectivity index (χ2n) is 6.06. The molecular formula is C16H23NO. The molecule has 2 aliphatic rings. The van der Waals surface area contributed by atoms with Gasteiger partial charge in [-0.1, -0.05) is 24.3 Å². The number of hydrogen-bond acceptors (Lipinski definition) is 2. The molecule has 2 atom stereocenters. The zero-order valence-corrected chi connectivity index (χ0v) is 10.9. The van der Waals surface area contributed by atoms with Crippen molar-refractivity contribution in [2.24, 2.45) is 23.0 Å². The normalized spacial score (nSPS) is 34.1. The van der Waals surface area contributed by atoms with Gasteiger partial charge in [-0.25, -0.2) is 0 Å². The first-order chi connectivity index (χ1) is 8.80. The van der Waals surface area contributed by atoms with Crippen molar-refractivity contribution < 1.29 is 5.11 Å². The van der Waals surface area contributed by atoms with Crippen LogP contribution in [0.15, 0.2) is 24.3 Å². The summed E-state index contributed by atoms with van der Waals surface area (Å²) in [6, 6.07) is 8.84. The van der Waals surface area contributed by atoms with E-state index in [1.165, 1.54) is 24.0 Å². The lowest BCUT2D eigenvalue weighted by Gasteiger charge is -2.38. The van der Waals surface area contributed by atoms with Crippen molar-refractivity contribution in [2.75, 3.05) is 13.2 Å². The Bertz CT molecular complexity index is 396. The summed E-state index contributed by atoms with van der Waals surface area (Å²) in [5.41, 5.74) is 9.36. The van der Waals surface area contributed by atoms with Gasteiger partial charge in [0, 0.05) is 6.61 Å². The van der Waals surface area contributed by atoms with Gasteiger partial charge in [0.15, 0.2) is 0 Å². The molecule has 0 saturated heterocycles. The number of fused-ring (bicyclic) bond motifs is 3. The fourth-order valence-electron chi connectivity index (χ4n) is 4.46. The molecule has 0 radical (unpaired) electrons. The van der Waals surface area contributed by atoms with Gasteiger partial charge in [0.05, 0.1) is 0 Å². The smallest absolute Gasteiger partial charge is 0.0437 e. The summed E-state index contributed by atoms with van der Waals surface area (Å²) in [4.78, 5) is 0. The van der Waals surface area contributed by atoms with E-state index in [-0.39, 0.29) is 12.0 Å². The molecule has 1 aromatic rings. The highest BCUT2D eigenvalue weighted by molar-refractivity contribution is 5.31. The molecule has 1 saturated carbocycles. The van der Waals surface area contributed by atoms with Gasteiger partial charge in [-0.05, 0) is 67.0 Å². The molecule has 2 nitrogen and oxygen atoms in total. The summed E-state index contributed by atoms with van der Waals surface area (Å²) in [6.45, 7) is 1.01. The zero-order chi connectivity index (χ0) is 12.6. The van der Waals surface area contributed by atoms with Crippen molar-refractivity contribution in [1.29, 1.82) is 0 Å². The van der Waals surface area contributed by atoms with Gasteiger partial charge in [-0.2, -0.15) is 0 Å². The van der Waals surface area contributed by atoms with Crippen LogP contribution in [0.5, 0.6) is 0 Å². The summed E-state index contributed by atoms with van der Waals surface area (Å²) >= 11 is 0. The van der Waals surface area contributed by atoms with Crippen LogP contribution in [0.3, 0.4) is 0 Å². The summed E-state index contributed by atoms with van der Waals surface area (Å²) < 4.78 is 0. The molecular weight excluding hydrogens is 222 g/mol. The lowest BCUT2D eigenvalue weighted by molar-refractivity contribution is 0.0969. The number of hydrogen-bond donors (Lipinski definition) is 2. The largest absolute Gasteiger partial charge is 0.396 e. The molecule has 0 heterocycles. The minimum absolute atomic E-state index is 0.188. The average Bonchev–Trinajstić information content (AvgIpc) is 2.63. The molecule has 18 heavy (non-hydrogen) atoms. The summed E-state index contributed by atoms with van der Waals surface area (Å²) in [5, 5.41) is 9.43. The molecule has 2 aliphatic carbocycles.